The summed E-state index contributed by atoms with van der Waals surface area (Å²) in [5.74, 6) is -0.0368. The third kappa shape index (κ3) is 41.6. The Hall–Kier alpha value is -1.59. The number of carbonyl (C=O) groups excluding carboxylic acids is 3. The molecule has 54 heavy (non-hydrogen) atoms. The molecule has 0 fully saturated rings. The number of hydrogen-bond donors (Lipinski definition) is 0. The summed E-state index contributed by atoms with van der Waals surface area (Å²) in [6.07, 6.45) is 42.3. The number of carbonyl (C=O) groups is 3. The van der Waals surface area contributed by atoms with E-state index in [1.807, 2.05) is 0 Å². The maximum atomic E-state index is 12.7. The van der Waals surface area contributed by atoms with Gasteiger partial charge < -0.3 is 14.2 Å². The second-order valence-corrected chi connectivity index (χ2v) is 16.9. The molecule has 0 rings (SSSR count). The highest BCUT2D eigenvalue weighted by atomic mass is 16.6. The van der Waals surface area contributed by atoms with Gasteiger partial charge in [0, 0.05) is 19.3 Å². The van der Waals surface area contributed by atoms with Crippen LogP contribution in [-0.2, 0) is 28.6 Å². The van der Waals surface area contributed by atoms with Crippen LogP contribution in [0.4, 0.5) is 0 Å². The van der Waals surface area contributed by atoms with Gasteiger partial charge in [-0.15, -0.1) is 0 Å². The van der Waals surface area contributed by atoms with Gasteiger partial charge in [-0.25, -0.2) is 0 Å². The van der Waals surface area contributed by atoms with E-state index in [4.69, 9.17) is 14.2 Å². The third-order valence-corrected chi connectivity index (χ3v) is 10.8. The minimum Gasteiger partial charge on any atom is -0.462 e. The van der Waals surface area contributed by atoms with Crippen molar-refractivity contribution in [3.63, 3.8) is 0 Å². The number of esters is 3. The highest BCUT2D eigenvalue weighted by molar-refractivity contribution is 5.71. The molecule has 0 aliphatic heterocycles. The number of ether oxygens (including phenoxy) is 3. The largest absolute Gasteiger partial charge is 0.462 e. The van der Waals surface area contributed by atoms with Crippen LogP contribution in [0.5, 0.6) is 0 Å². The summed E-state index contributed by atoms with van der Waals surface area (Å²) < 4.78 is 16.7. The summed E-state index contributed by atoms with van der Waals surface area (Å²) in [5.41, 5.74) is 0. The van der Waals surface area contributed by atoms with Gasteiger partial charge in [0.1, 0.15) is 13.2 Å². The molecule has 1 atom stereocenters. The van der Waals surface area contributed by atoms with Crippen LogP contribution in [0.25, 0.3) is 0 Å². The topological polar surface area (TPSA) is 78.9 Å². The van der Waals surface area contributed by atoms with E-state index in [1.165, 1.54) is 161 Å². The maximum Gasteiger partial charge on any atom is 0.306 e. The number of unbranched alkanes of at least 4 members (excludes halogenated alkanes) is 30. The monoisotopic (exact) mass is 765 g/mol. The molecule has 0 radical (unpaired) electrons. The Kier molecular flexibility index (Phi) is 41.3. The quantitative estimate of drug-likeness (QED) is 0.0349. The lowest BCUT2D eigenvalue weighted by atomic mass is 10.0. The Balaban J connectivity index is 4.30. The molecular weight excluding hydrogens is 673 g/mol. The van der Waals surface area contributed by atoms with Gasteiger partial charge in [0.25, 0.3) is 0 Å². The first kappa shape index (κ1) is 52.4. The van der Waals surface area contributed by atoms with Gasteiger partial charge in [0.15, 0.2) is 6.10 Å². The number of hydrogen-bond acceptors (Lipinski definition) is 6. The van der Waals surface area contributed by atoms with Gasteiger partial charge in [0.2, 0.25) is 0 Å². The zero-order valence-corrected chi connectivity index (χ0v) is 36.7. The van der Waals surface area contributed by atoms with Crippen molar-refractivity contribution in [1.29, 1.82) is 0 Å². The molecule has 0 unspecified atom stereocenters. The molecule has 0 bridgehead atoms. The van der Waals surface area contributed by atoms with Crippen LogP contribution in [0.15, 0.2) is 0 Å². The Labute approximate surface area is 336 Å². The average molecular weight is 765 g/mol. The predicted molar refractivity (Wildman–Crippen MR) is 229 cm³/mol. The standard InChI is InChI=1S/C48H92O6/c1-5-7-9-11-13-15-16-17-18-19-24-28-32-36-40-47(50)53-43-45(42-52-46(49)39-35-31-27-22-14-12-10-8-6-2)54-48(51)41-37-33-29-25-21-20-23-26-30-34-38-44(3)4/h44-45H,5-43H2,1-4H3/t45-/m0/s1. The molecular formula is C48H92O6. The normalized spacial score (nSPS) is 11.9. The van der Waals surface area contributed by atoms with Crippen LogP contribution in [-0.4, -0.2) is 37.2 Å². The van der Waals surface area contributed by atoms with Gasteiger partial charge in [0.05, 0.1) is 0 Å². The lowest BCUT2D eigenvalue weighted by Crippen LogP contribution is -2.30. The average Bonchev–Trinajstić information content (AvgIpc) is 3.15. The second-order valence-electron chi connectivity index (χ2n) is 16.9. The van der Waals surface area contributed by atoms with Crippen LogP contribution in [0.1, 0.15) is 265 Å². The Morgan fingerprint density at radius 3 is 0.907 bits per heavy atom. The molecule has 0 saturated carbocycles. The van der Waals surface area contributed by atoms with E-state index in [-0.39, 0.29) is 31.1 Å². The van der Waals surface area contributed by atoms with Crippen molar-refractivity contribution in [1.82, 2.24) is 0 Å². The molecule has 320 valence electrons. The second kappa shape index (κ2) is 42.6. The Morgan fingerprint density at radius 2 is 0.611 bits per heavy atom. The first-order chi connectivity index (χ1) is 26.4. The van der Waals surface area contributed by atoms with E-state index in [0.717, 1.165) is 63.7 Å². The summed E-state index contributed by atoms with van der Waals surface area (Å²) in [7, 11) is 0. The summed E-state index contributed by atoms with van der Waals surface area (Å²) in [6.45, 7) is 8.98. The molecule has 0 N–H and O–H groups in total. The summed E-state index contributed by atoms with van der Waals surface area (Å²) >= 11 is 0. The van der Waals surface area contributed by atoms with Gasteiger partial charge in [-0.05, 0) is 25.2 Å². The van der Waals surface area contributed by atoms with Crippen LogP contribution in [0.3, 0.4) is 0 Å². The van der Waals surface area contributed by atoms with Crippen LogP contribution >= 0.6 is 0 Å². The zero-order chi connectivity index (χ0) is 39.6. The molecule has 6 nitrogen and oxygen atoms in total. The molecule has 0 aromatic carbocycles. The fourth-order valence-corrected chi connectivity index (χ4v) is 7.16. The molecule has 0 aromatic heterocycles. The van der Waals surface area contributed by atoms with Gasteiger partial charge >= 0.3 is 17.9 Å². The van der Waals surface area contributed by atoms with E-state index in [0.29, 0.717) is 19.3 Å². The zero-order valence-electron chi connectivity index (χ0n) is 36.7. The van der Waals surface area contributed by atoms with Crippen molar-refractivity contribution in [2.75, 3.05) is 13.2 Å². The third-order valence-electron chi connectivity index (χ3n) is 10.8. The van der Waals surface area contributed by atoms with Gasteiger partial charge in [-0.2, -0.15) is 0 Å². The van der Waals surface area contributed by atoms with Crippen molar-refractivity contribution in [2.24, 2.45) is 5.92 Å². The fourth-order valence-electron chi connectivity index (χ4n) is 7.16. The predicted octanol–water partition coefficient (Wildman–Crippen LogP) is 15.1. The SMILES string of the molecule is CCCCCCCCCCCCCCCCC(=O)OC[C@H](COC(=O)CCCCCCCCCCC)OC(=O)CCCCCCCCCCCCC(C)C. The minimum absolute atomic E-state index is 0.0635. The molecule has 0 aliphatic rings. The van der Waals surface area contributed by atoms with E-state index in [1.54, 1.807) is 0 Å². The van der Waals surface area contributed by atoms with Crippen LogP contribution < -0.4 is 0 Å². The van der Waals surface area contributed by atoms with Crippen molar-refractivity contribution < 1.29 is 28.6 Å². The van der Waals surface area contributed by atoms with Crippen molar-refractivity contribution in [2.45, 2.75) is 271 Å². The maximum absolute atomic E-state index is 12.7. The Bertz CT molecular complexity index is 811. The molecule has 0 aliphatic carbocycles. The first-order valence-corrected chi connectivity index (χ1v) is 23.9. The van der Waals surface area contributed by atoms with E-state index < -0.39 is 6.10 Å². The van der Waals surface area contributed by atoms with Crippen molar-refractivity contribution in [3.8, 4) is 0 Å². The summed E-state index contributed by atoms with van der Waals surface area (Å²) in [5, 5.41) is 0. The highest BCUT2D eigenvalue weighted by Crippen LogP contribution is 2.16. The van der Waals surface area contributed by atoms with Crippen LogP contribution in [0, 0.1) is 5.92 Å². The van der Waals surface area contributed by atoms with Gasteiger partial charge in [-0.3, -0.25) is 14.4 Å². The molecule has 0 saturated heterocycles. The Morgan fingerprint density at radius 1 is 0.352 bits per heavy atom. The molecule has 0 heterocycles. The number of rotatable bonds is 43. The molecule has 0 spiro atoms. The lowest BCUT2D eigenvalue weighted by Gasteiger charge is -2.18. The molecule has 0 aromatic rings. The first-order valence-electron chi connectivity index (χ1n) is 23.9. The van der Waals surface area contributed by atoms with Gasteiger partial charge in [-0.1, -0.05) is 227 Å². The van der Waals surface area contributed by atoms with E-state index >= 15 is 0 Å². The van der Waals surface area contributed by atoms with E-state index in [2.05, 4.69) is 27.7 Å². The molecule has 0 amide bonds. The molecule has 6 heteroatoms. The van der Waals surface area contributed by atoms with Crippen molar-refractivity contribution >= 4 is 17.9 Å². The fraction of sp³-hybridized carbons (Fsp3) is 0.938. The summed E-state index contributed by atoms with van der Waals surface area (Å²) in [4.78, 5) is 37.7. The summed E-state index contributed by atoms with van der Waals surface area (Å²) in [6, 6.07) is 0. The smallest absolute Gasteiger partial charge is 0.306 e. The van der Waals surface area contributed by atoms with Crippen molar-refractivity contribution in [3.05, 3.63) is 0 Å². The van der Waals surface area contributed by atoms with Crippen LogP contribution in [0.2, 0.25) is 0 Å². The highest BCUT2D eigenvalue weighted by Gasteiger charge is 2.19. The minimum atomic E-state index is -0.759. The van der Waals surface area contributed by atoms with E-state index in [9.17, 15) is 14.4 Å². The lowest BCUT2D eigenvalue weighted by molar-refractivity contribution is -0.167.